The van der Waals surface area contributed by atoms with E-state index in [2.05, 4.69) is 75.2 Å². The summed E-state index contributed by atoms with van der Waals surface area (Å²) >= 11 is 8.22. The maximum Gasteiger partial charge on any atom is 0.245 e. The van der Waals surface area contributed by atoms with Crippen LogP contribution in [-0.2, 0) is 79.2 Å². The molecule has 7 aromatic carbocycles. The van der Waals surface area contributed by atoms with Crippen molar-refractivity contribution in [1.29, 1.82) is 0 Å². The maximum absolute atomic E-state index is 11.7. The highest BCUT2D eigenvalue weighted by molar-refractivity contribution is 7.80. The molecule has 0 fully saturated rings. The Kier molecular flexibility index (Phi) is 47.8. The first-order chi connectivity index (χ1) is 46.4. The zero-order chi connectivity index (χ0) is 70.4. The molecule has 0 bridgehead atoms. The number of thiol groups is 2. The molecule has 520 valence electrons. The van der Waals surface area contributed by atoms with Crippen LogP contribution in [0.2, 0.25) is 0 Å². The van der Waals surface area contributed by atoms with Gasteiger partial charge in [-0.05, 0) is 108 Å². The number of nitrogens with zero attached hydrogens (tertiary/aromatic N) is 2. The van der Waals surface area contributed by atoms with Crippen LogP contribution in [-0.4, -0.2) is 103 Å². The molecule has 0 saturated carbocycles. The van der Waals surface area contributed by atoms with Crippen molar-refractivity contribution in [3.8, 4) is 0 Å². The Labute approximate surface area is 583 Å². The van der Waals surface area contributed by atoms with Crippen molar-refractivity contribution in [3.63, 3.8) is 0 Å². The van der Waals surface area contributed by atoms with E-state index in [0.29, 0.717) is 70.9 Å². The SMILES string of the molecule is C=CC(=C)C[C@@H](N)CCS.CC(C)CC(N)CN(C=O)OCc1ccccc1.CNC(=O)CC(N)Cc1ccccc1.NC(CC(=O)NOCc1ccccc1)Cc1ccccc1.NC(Cc1ccccc1)CN(C=O)OCc1ccccc1.N[C@@H](CCS)Cc1ccccc1. The Hall–Kier alpha value is -7.76. The minimum absolute atomic E-state index is 0.00608. The lowest BCUT2D eigenvalue weighted by molar-refractivity contribution is -0.179. The van der Waals surface area contributed by atoms with Crippen LogP contribution in [0.5, 0.6) is 0 Å². The van der Waals surface area contributed by atoms with Gasteiger partial charge in [-0.25, -0.2) is 15.6 Å². The van der Waals surface area contributed by atoms with Crippen molar-refractivity contribution in [1.82, 2.24) is 20.9 Å². The van der Waals surface area contributed by atoms with Crippen molar-refractivity contribution < 1.29 is 33.7 Å². The third-order valence-corrected chi connectivity index (χ3v) is 14.5. The first kappa shape index (κ1) is 84.3. The third kappa shape index (κ3) is 44.8. The minimum atomic E-state index is -0.215. The smallest absolute Gasteiger partial charge is 0.245 e. The summed E-state index contributed by atoms with van der Waals surface area (Å²) in [4.78, 5) is 60.8. The summed E-state index contributed by atoms with van der Waals surface area (Å²) < 4.78 is 0. The van der Waals surface area contributed by atoms with Crippen LogP contribution in [0.1, 0.15) is 91.3 Å². The first-order valence-corrected chi connectivity index (χ1v) is 33.8. The Bertz CT molecular complexity index is 3060. The maximum atomic E-state index is 11.7. The van der Waals surface area contributed by atoms with E-state index in [0.717, 1.165) is 83.4 Å². The number of carbonyl (C=O) groups is 4. The lowest BCUT2D eigenvalue weighted by Crippen LogP contribution is -2.38. The monoisotopic (exact) mass is 1350 g/mol. The van der Waals surface area contributed by atoms with E-state index in [9.17, 15) is 19.2 Å². The molecule has 7 aromatic rings. The molecule has 0 spiro atoms. The summed E-state index contributed by atoms with van der Waals surface area (Å²) in [6.45, 7) is 13.5. The fourth-order valence-electron chi connectivity index (χ4n) is 9.08. The number of hydroxylamine groups is 5. The van der Waals surface area contributed by atoms with Gasteiger partial charge in [0.25, 0.3) is 0 Å². The van der Waals surface area contributed by atoms with Gasteiger partial charge in [-0.15, -0.1) is 0 Å². The molecule has 0 saturated heterocycles. The van der Waals surface area contributed by atoms with Crippen molar-refractivity contribution in [3.05, 3.63) is 276 Å². The topological polar surface area (TPSA) is 283 Å². The lowest BCUT2D eigenvalue weighted by Gasteiger charge is -2.22. The number of nitrogens with two attached hydrogens (primary N) is 6. The van der Waals surface area contributed by atoms with Gasteiger partial charge in [-0.1, -0.05) is 251 Å². The van der Waals surface area contributed by atoms with Crippen LogP contribution in [0.25, 0.3) is 0 Å². The molecule has 7 rings (SSSR count). The van der Waals surface area contributed by atoms with Gasteiger partial charge in [0.2, 0.25) is 24.6 Å². The van der Waals surface area contributed by atoms with E-state index in [1.54, 1.807) is 13.1 Å². The molecule has 14 N–H and O–H groups in total. The van der Waals surface area contributed by atoms with Crippen LogP contribution in [0.4, 0.5) is 0 Å². The molecule has 96 heavy (non-hydrogen) atoms. The summed E-state index contributed by atoms with van der Waals surface area (Å²) in [6, 6.07) is 69.2. The lowest BCUT2D eigenvalue weighted by atomic mass is 10.0. The number of allylic oxidation sites excluding steroid dienone is 1. The van der Waals surface area contributed by atoms with Gasteiger partial charge in [0.15, 0.2) is 0 Å². The highest BCUT2D eigenvalue weighted by atomic mass is 32.1. The predicted molar refractivity (Wildman–Crippen MR) is 399 cm³/mol. The van der Waals surface area contributed by atoms with E-state index < -0.39 is 0 Å². The summed E-state index contributed by atoms with van der Waals surface area (Å²) in [5.74, 6) is 2.02. The molecule has 19 heteroatoms. The van der Waals surface area contributed by atoms with Crippen molar-refractivity contribution in [2.75, 3.05) is 31.6 Å². The standard InChI is InChI=1S/2C17H20N2O2.C14H22N2O2.C11H16N2O.C10H15NS.C8H15NS/c18-17(11-15-7-3-1-4-8-15)12-19(14-20)21-13-16-9-5-2-6-10-16;18-16(11-14-7-3-1-4-8-14)12-17(20)19-21-13-15-9-5-2-6-10-15;1-12(2)8-14(15)9-16(11-17)18-10-13-6-4-3-5-7-13;1-13-11(14)8-10(12)7-9-5-3-2-4-6-9;11-10(6-7-12)8-9-4-2-1-3-5-9;1-3-7(2)6-8(9)4-5-10/h1-10,14,17H,11-13,18H2;1-10,16H,11-13,18H2,(H,19,20);3-7,11-12,14H,8-10,15H2,1-2H3;2-6,10H,7-8,12H2,1H3,(H,13,14);1-5,10,12H,6-8,11H2;3,8,10H,1-2,4-6,9H2/t;;;;10-;8-/m....00/s1. The summed E-state index contributed by atoms with van der Waals surface area (Å²) in [5.41, 5.74) is 46.6. The molecule has 6 atom stereocenters. The van der Waals surface area contributed by atoms with Crippen LogP contribution in [0.15, 0.2) is 237 Å². The Morgan fingerprint density at radius 2 is 0.760 bits per heavy atom. The van der Waals surface area contributed by atoms with Gasteiger partial charge in [-0.2, -0.15) is 25.3 Å². The van der Waals surface area contributed by atoms with E-state index in [1.807, 2.05) is 200 Å². The number of benzene rings is 7. The normalized spacial score (nSPS) is 12.2. The average molecular weight is 1350 g/mol. The predicted octanol–water partition coefficient (Wildman–Crippen LogP) is 10.6. The minimum Gasteiger partial charge on any atom is -0.359 e. The van der Waals surface area contributed by atoms with Crippen molar-refractivity contribution >= 4 is 49.9 Å². The van der Waals surface area contributed by atoms with Gasteiger partial charge < -0.3 is 39.7 Å². The fraction of sp³-hybridized carbons (Fsp3) is 0.351. The number of nitrogens with one attached hydrogen (secondary N) is 2. The van der Waals surface area contributed by atoms with E-state index in [1.165, 1.54) is 21.3 Å². The van der Waals surface area contributed by atoms with Crippen LogP contribution < -0.4 is 45.2 Å². The van der Waals surface area contributed by atoms with Crippen LogP contribution in [0.3, 0.4) is 0 Å². The molecular weight excluding hydrogens is 1240 g/mol. The number of carbonyl (C=O) groups excluding carboxylic acids is 4. The Morgan fingerprint density at radius 1 is 0.448 bits per heavy atom. The van der Waals surface area contributed by atoms with Gasteiger partial charge in [0, 0.05) is 56.1 Å². The average Bonchev–Trinajstić information content (AvgIpc) is 3.19. The van der Waals surface area contributed by atoms with Crippen molar-refractivity contribution in [2.24, 2.45) is 40.3 Å². The van der Waals surface area contributed by atoms with Gasteiger partial charge >= 0.3 is 0 Å². The molecule has 0 heterocycles. The molecule has 4 amide bonds. The highest BCUT2D eigenvalue weighted by Crippen LogP contribution is 2.11. The van der Waals surface area contributed by atoms with E-state index in [4.69, 9.17) is 48.9 Å². The van der Waals surface area contributed by atoms with Gasteiger partial charge in [0.1, 0.15) is 13.2 Å². The largest absolute Gasteiger partial charge is 0.359 e. The van der Waals surface area contributed by atoms with Crippen molar-refractivity contribution in [2.45, 2.75) is 134 Å². The number of rotatable bonds is 36. The van der Waals surface area contributed by atoms with Gasteiger partial charge in [-0.3, -0.25) is 33.7 Å². The molecule has 0 aliphatic heterocycles. The first-order valence-electron chi connectivity index (χ1n) is 32.5. The highest BCUT2D eigenvalue weighted by Gasteiger charge is 2.14. The molecule has 0 aliphatic carbocycles. The molecule has 0 aromatic heterocycles. The zero-order valence-electron chi connectivity index (χ0n) is 56.5. The quantitative estimate of drug-likeness (QED) is 0.00758. The third-order valence-electron chi connectivity index (χ3n) is 13.9. The number of hydrogen-bond donors (Lipinski definition) is 10. The molecule has 0 radical (unpaired) electrons. The second kappa shape index (κ2) is 54.4. The number of hydrogen-bond acceptors (Lipinski definition) is 15. The zero-order valence-corrected chi connectivity index (χ0v) is 58.3. The summed E-state index contributed by atoms with van der Waals surface area (Å²) in [6.07, 6.45) is 10.4. The van der Waals surface area contributed by atoms with E-state index in [-0.39, 0.29) is 54.5 Å². The van der Waals surface area contributed by atoms with E-state index >= 15 is 0 Å². The second-order valence-corrected chi connectivity index (χ2v) is 24.2. The second-order valence-electron chi connectivity index (χ2n) is 23.3. The molecule has 0 aliphatic rings. The molecular formula is C77H108N10O7S2. The van der Waals surface area contributed by atoms with Gasteiger partial charge in [0.05, 0.1) is 19.7 Å². The summed E-state index contributed by atoms with van der Waals surface area (Å²) in [7, 11) is 1.62. The molecule has 4 unspecified atom stereocenters. The molecule has 17 nitrogen and oxygen atoms in total. The summed E-state index contributed by atoms with van der Waals surface area (Å²) in [5, 5.41) is 5.11. The Balaban J connectivity index is 0.000000400. The fourth-order valence-corrected chi connectivity index (χ4v) is 9.75. The number of amides is 4. The Morgan fingerprint density at radius 3 is 1.09 bits per heavy atom. The van der Waals surface area contributed by atoms with Crippen LogP contribution >= 0.6 is 25.3 Å². The van der Waals surface area contributed by atoms with Crippen LogP contribution in [0, 0.1) is 5.92 Å².